The zero-order valence-corrected chi connectivity index (χ0v) is 6.93. The number of carboxylic acids is 1. The summed E-state index contributed by atoms with van der Waals surface area (Å²) in [6, 6.07) is -1.03. The third-order valence-electron chi connectivity index (χ3n) is 1.45. The molecule has 7 heteroatoms. The highest BCUT2D eigenvalue weighted by molar-refractivity contribution is 5.73. The monoisotopic (exact) mass is 187 g/mol. The summed E-state index contributed by atoms with van der Waals surface area (Å²) in [5.74, 6) is -0.943. The number of ether oxygens (including phenoxy) is 1. The van der Waals surface area contributed by atoms with E-state index in [1.54, 1.807) is 0 Å². The molecular weight excluding hydrogens is 178 g/mol. The van der Waals surface area contributed by atoms with E-state index in [1.165, 1.54) is 7.11 Å². The summed E-state index contributed by atoms with van der Waals surface area (Å²) in [5.41, 5.74) is 5.57. The molecule has 3 N–H and O–H groups in total. The number of rotatable bonds is 4. The van der Waals surface area contributed by atoms with Crippen molar-refractivity contribution < 1.29 is 19.3 Å². The van der Waals surface area contributed by atoms with Gasteiger partial charge in [0, 0.05) is 6.42 Å². The van der Waals surface area contributed by atoms with Crippen LogP contribution in [-0.2, 0) is 11.2 Å². The number of carbonyl (C=O) groups is 1. The Morgan fingerprint density at radius 3 is 3.00 bits per heavy atom. The van der Waals surface area contributed by atoms with Gasteiger partial charge in [-0.3, -0.25) is 4.79 Å². The Bertz CT molecular complexity index is 298. The zero-order chi connectivity index (χ0) is 9.84. The molecule has 72 valence electrons. The second-order valence-electron chi connectivity index (χ2n) is 2.37. The Kier molecular flexibility index (Phi) is 2.80. The van der Waals surface area contributed by atoms with Gasteiger partial charge in [-0.15, -0.1) is 0 Å². The van der Waals surface area contributed by atoms with Gasteiger partial charge in [0.2, 0.25) is 0 Å². The molecule has 0 bridgehead atoms. The van der Waals surface area contributed by atoms with Crippen LogP contribution in [0, 0.1) is 0 Å². The molecule has 0 saturated carbocycles. The van der Waals surface area contributed by atoms with Crippen molar-refractivity contribution in [3.05, 3.63) is 5.69 Å². The van der Waals surface area contributed by atoms with Gasteiger partial charge in [0.1, 0.15) is 6.04 Å². The van der Waals surface area contributed by atoms with Crippen molar-refractivity contribution in [2.75, 3.05) is 7.11 Å². The van der Waals surface area contributed by atoms with Crippen LogP contribution in [0.4, 0.5) is 0 Å². The van der Waals surface area contributed by atoms with E-state index in [0.717, 1.165) is 0 Å². The molecule has 0 aliphatic carbocycles. The van der Waals surface area contributed by atoms with Gasteiger partial charge in [-0.2, -0.15) is 0 Å². The van der Waals surface area contributed by atoms with Crippen molar-refractivity contribution in [1.29, 1.82) is 0 Å². The number of methoxy groups -OCH3 is 1. The first-order valence-corrected chi connectivity index (χ1v) is 3.49. The fraction of sp³-hybridized carbons (Fsp3) is 0.500. The predicted molar refractivity (Wildman–Crippen MR) is 40.2 cm³/mol. The topological polar surface area (TPSA) is 111 Å². The number of aromatic nitrogens is 2. The molecule has 0 aromatic carbocycles. The Morgan fingerprint density at radius 1 is 1.77 bits per heavy atom. The van der Waals surface area contributed by atoms with Crippen LogP contribution in [0.15, 0.2) is 4.63 Å². The number of nitrogens with two attached hydrogens (primary N) is 1. The maximum absolute atomic E-state index is 10.4. The molecule has 0 fully saturated rings. The van der Waals surface area contributed by atoms with Crippen molar-refractivity contribution >= 4 is 5.97 Å². The Hall–Kier alpha value is -1.63. The molecule has 0 saturated heterocycles. The van der Waals surface area contributed by atoms with Crippen molar-refractivity contribution in [1.82, 2.24) is 10.3 Å². The number of aliphatic carboxylic acids is 1. The highest BCUT2D eigenvalue weighted by Crippen LogP contribution is 2.12. The molecule has 1 aromatic rings. The van der Waals surface area contributed by atoms with Crippen molar-refractivity contribution in [2.45, 2.75) is 12.5 Å². The van der Waals surface area contributed by atoms with E-state index in [-0.39, 0.29) is 12.3 Å². The fourth-order valence-electron chi connectivity index (χ4n) is 0.774. The molecular formula is C6H9N3O4. The van der Waals surface area contributed by atoms with Crippen LogP contribution in [0.3, 0.4) is 0 Å². The Morgan fingerprint density at radius 2 is 2.46 bits per heavy atom. The standard InChI is InChI=1S/C6H9N3O4/c1-12-5-4(8-13-9-5)2-3(7)6(10)11/h3H,2,7H2,1H3,(H,10,11). The molecule has 7 nitrogen and oxygen atoms in total. The fourth-order valence-corrected chi connectivity index (χ4v) is 0.774. The van der Waals surface area contributed by atoms with E-state index in [2.05, 4.69) is 14.9 Å². The van der Waals surface area contributed by atoms with Gasteiger partial charge in [-0.05, 0) is 5.16 Å². The summed E-state index contributed by atoms with van der Waals surface area (Å²) in [5, 5.41) is 15.3. The van der Waals surface area contributed by atoms with E-state index in [0.29, 0.717) is 5.69 Å². The first kappa shape index (κ1) is 9.46. The van der Waals surface area contributed by atoms with Gasteiger partial charge >= 0.3 is 5.97 Å². The molecule has 1 aromatic heterocycles. The molecule has 1 atom stereocenters. The quantitative estimate of drug-likeness (QED) is 0.623. The number of carboxylic acid groups (broad SMARTS) is 1. The predicted octanol–water partition coefficient (Wildman–Crippen LogP) is -0.967. The average molecular weight is 187 g/mol. The van der Waals surface area contributed by atoms with Gasteiger partial charge in [-0.1, -0.05) is 5.16 Å². The molecule has 0 aliphatic heterocycles. The largest absolute Gasteiger partial charge is 0.480 e. The lowest BCUT2D eigenvalue weighted by molar-refractivity contribution is -0.138. The summed E-state index contributed by atoms with van der Waals surface area (Å²) in [6.07, 6.45) is 0.0298. The van der Waals surface area contributed by atoms with E-state index < -0.39 is 12.0 Å². The highest BCUT2D eigenvalue weighted by Gasteiger charge is 2.18. The maximum Gasteiger partial charge on any atom is 0.320 e. The second-order valence-corrected chi connectivity index (χ2v) is 2.37. The summed E-state index contributed by atoms with van der Waals surface area (Å²) in [4.78, 5) is 10.4. The molecule has 0 aliphatic rings. The van der Waals surface area contributed by atoms with Crippen LogP contribution < -0.4 is 10.5 Å². The van der Waals surface area contributed by atoms with Gasteiger partial charge in [0.25, 0.3) is 5.88 Å². The van der Waals surface area contributed by atoms with E-state index in [4.69, 9.17) is 15.6 Å². The van der Waals surface area contributed by atoms with Gasteiger partial charge < -0.3 is 15.6 Å². The van der Waals surface area contributed by atoms with Gasteiger partial charge in [0.05, 0.1) is 7.11 Å². The second kappa shape index (κ2) is 3.85. The minimum Gasteiger partial charge on any atom is -0.480 e. The van der Waals surface area contributed by atoms with Crippen LogP contribution >= 0.6 is 0 Å². The zero-order valence-electron chi connectivity index (χ0n) is 6.93. The molecule has 1 rings (SSSR count). The summed E-state index contributed by atoms with van der Waals surface area (Å²) in [6.45, 7) is 0. The molecule has 0 radical (unpaired) electrons. The van der Waals surface area contributed by atoms with E-state index in [1.807, 2.05) is 0 Å². The number of hydrogen-bond acceptors (Lipinski definition) is 6. The van der Waals surface area contributed by atoms with Gasteiger partial charge in [0.15, 0.2) is 5.69 Å². The molecule has 1 heterocycles. The van der Waals surface area contributed by atoms with Crippen LogP contribution in [0.1, 0.15) is 5.69 Å². The van der Waals surface area contributed by atoms with Crippen LogP contribution in [0.25, 0.3) is 0 Å². The first-order chi connectivity index (χ1) is 6.15. The first-order valence-electron chi connectivity index (χ1n) is 3.49. The SMILES string of the molecule is COc1nonc1CC(N)C(=O)O. The van der Waals surface area contributed by atoms with Crippen molar-refractivity contribution in [3.63, 3.8) is 0 Å². The van der Waals surface area contributed by atoms with Crippen LogP contribution in [-0.4, -0.2) is 34.5 Å². The smallest absolute Gasteiger partial charge is 0.320 e. The minimum absolute atomic E-state index is 0.0298. The lowest BCUT2D eigenvalue weighted by Gasteiger charge is -2.02. The van der Waals surface area contributed by atoms with Crippen molar-refractivity contribution in [2.24, 2.45) is 5.73 Å². The van der Waals surface area contributed by atoms with E-state index in [9.17, 15) is 4.79 Å². The molecule has 13 heavy (non-hydrogen) atoms. The highest BCUT2D eigenvalue weighted by atomic mass is 16.6. The van der Waals surface area contributed by atoms with Crippen molar-refractivity contribution in [3.8, 4) is 5.88 Å². The van der Waals surface area contributed by atoms with Crippen LogP contribution in [0.5, 0.6) is 5.88 Å². The number of hydrogen-bond donors (Lipinski definition) is 2. The van der Waals surface area contributed by atoms with Gasteiger partial charge in [-0.25, -0.2) is 4.63 Å². The Labute approximate surface area is 73.4 Å². The third-order valence-corrected chi connectivity index (χ3v) is 1.45. The number of nitrogens with zero attached hydrogens (tertiary/aromatic N) is 2. The normalized spacial score (nSPS) is 12.5. The molecule has 0 spiro atoms. The third kappa shape index (κ3) is 2.15. The van der Waals surface area contributed by atoms with Crippen LogP contribution in [0.2, 0.25) is 0 Å². The maximum atomic E-state index is 10.4. The van der Waals surface area contributed by atoms with E-state index >= 15 is 0 Å². The summed E-state index contributed by atoms with van der Waals surface area (Å²) < 4.78 is 9.09. The minimum atomic E-state index is -1.11. The lowest BCUT2D eigenvalue weighted by atomic mass is 10.2. The molecule has 1 unspecified atom stereocenters. The lowest BCUT2D eigenvalue weighted by Crippen LogP contribution is -2.32. The summed E-state index contributed by atoms with van der Waals surface area (Å²) >= 11 is 0. The summed E-state index contributed by atoms with van der Waals surface area (Å²) in [7, 11) is 1.38. The Balaban J connectivity index is 2.68. The molecule has 0 amide bonds. The average Bonchev–Trinajstić information content (AvgIpc) is 2.51.